The fourth-order valence-corrected chi connectivity index (χ4v) is 2.10. The van der Waals surface area contributed by atoms with Crippen molar-refractivity contribution in [2.75, 3.05) is 17.2 Å². The van der Waals surface area contributed by atoms with Crippen molar-refractivity contribution in [3.05, 3.63) is 41.7 Å². The Morgan fingerprint density at radius 2 is 2.10 bits per heavy atom. The largest absolute Gasteiger partial charge is 0.384 e. The van der Waals surface area contributed by atoms with Crippen molar-refractivity contribution in [2.24, 2.45) is 0 Å². The molecule has 2 N–H and O–H groups in total. The van der Waals surface area contributed by atoms with Gasteiger partial charge in [-0.05, 0) is 24.5 Å². The molecule has 0 aliphatic heterocycles. The van der Waals surface area contributed by atoms with Crippen molar-refractivity contribution in [2.45, 2.75) is 33.1 Å². The first kappa shape index (κ1) is 15.1. The van der Waals surface area contributed by atoms with Crippen LogP contribution in [0, 0.1) is 6.92 Å². The summed E-state index contributed by atoms with van der Waals surface area (Å²) in [6, 6.07) is 9.85. The van der Waals surface area contributed by atoms with E-state index in [1.165, 1.54) is 5.56 Å². The second kappa shape index (κ2) is 6.92. The maximum atomic E-state index is 11.8. The minimum absolute atomic E-state index is 0.0853. The average molecular weight is 287 g/mol. The van der Waals surface area contributed by atoms with Crippen molar-refractivity contribution >= 4 is 17.4 Å². The van der Waals surface area contributed by atoms with Gasteiger partial charge in [0.2, 0.25) is 5.91 Å². The molecule has 0 aliphatic rings. The first-order chi connectivity index (χ1) is 10.1. The Kier molecular flexibility index (Phi) is 4.98. The zero-order chi connectivity index (χ0) is 15.2. The third kappa shape index (κ3) is 4.34. The summed E-state index contributed by atoms with van der Waals surface area (Å²) in [6.07, 6.45) is 0.373. The molecule has 2 aromatic rings. The van der Waals surface area contributed by atoms with Crippen LogP contribution in [0.5, 0.6) is 0 Å². The zero-order valence-corrected chi connectivity index (χ0v) is 12.6. The summed E-state index contributed by atoms with van der Waals surface area (Å²) in [5, 5.41) is 9.75. The number of hydrogen-bond donors (Lipinski definition) is 2. The van der Waals surface area contributed by atoms with Crippen LogP contribution in [0.1, 0.15) is 37.5 Å². The number of aromatic nitrogens is 1. The molecule has 5 nitrogen and oxygen atoms in total. The molecule has 2 rings (SSSR count). The molecule has 5 heteroatoms. The van der Waals surface area contributed by atoms with Gasteiger partial charge in [0.25, 0.3) is 0 Å². The molecule has 1 heterocycles. The van der Waals surface area contributed by atoms with Crippen LogP contribution < -0.4 is 10.6 Å². The van der Waals surface area contributed by atoms with Gasteiger partial charge in [0.15, 0.2) is 5.82 Å². The minimum atomic E-state index is -0.0853. The monoisotopic (exact) mass is 287 g/mol. The highest BCUT2D eigenvalue weighted by molar-refractivity contribution is 5.90. The van der Waals surface area contributed by atoms with Gasteiger partial charge < -0.3 is 15.2 Å². The molecule has 1 amide bonds. The third-order valence-electron chi connectivity index (χ3n) is 3.15. The zero-order valence-electron chi connectivity index (χ0n) is 12.6. The van der Waals surface area contributed by atoms with Crippen LogP contribution in [0.25, 0.3) is 0 Å². The van der Waals surface area contributed by atoms with Crippen LogP contribution in [0.15, 0.2) is 34.9 Å². The summed E-state index contributed by atoms with van der Waals surface area (Å²) in [5.41, 5.74) is 2.34. The quantitative estimate of drug-likeness (QED) is 0.852. The maximum Gasteiger partial charge on any atom is 0.227 e. The lowest BCUT2D eigenvalue weighted by atomic mass is 10.0. The minimum Gasteiger partial charge on any atom is -0.384 e. The van der Waals surface area contributed by atoms with E-state index in [-0.39, 0.29) is 5.91 Å². The van der Waals surface area contributed by atoms with Crippen LogP contribution in [0.2, 0.25) is 0 Å². The summed E-state index contributed by atoms with van der Waals surface area (Å²) in [7, 11) is 0. The maximum absolute atomic E-state index is 11.8. The fourth-order valence-electron chi connectivity index (χ4n) is 2.10. The average Bonchev–Trinajstić information content (AvgIpc) is 2.84. The van der Waals surface area contributed by atoms with Crippen LogP contribution in [-0.4, -0.2) is 17.6 Å². The van der Waals surface area contributed by atoms with Crippen molar-refractivity contribution < 1.29 is 9.32 Å². The van der Waals surface area contributed by atoms with E-state index in [4.69, 9.17) is 4.52 Å². The summed E-state index contributed by atoms with van der Waals surface area (Å²) >= 11 is 0. The molecule has 112 valence electrons. The molecule has 1 aromatic carbocycles. The van der Waals surface area contributed by atoms with Gasteiger partial charge in [-0.1, -0.05) is 37.2 Å². The van der Waals surface area contributed by atoms with Crippen molar-refractivity contribution in [1.82, 2.24) is 5.16 Å². The SMILES string of the molecule is Cc1cc(NC(=O)CCNc2ccccc2C(C)C)no1. The number of para-hydroxylation sites is 1. The van der Waals surface area contributed by atoms with Gasteiger partial charge in [0, 0.05) is 24.7 Å². The predicted octanol–water partition coefficient (Wildman–Crippen LogP) is 3.55. The van der Waals surface area contributed by atoms with Gasteiger partial charge in [0.05, 0.1) is 0 Å². The Labute approximate surface area is 124 Å². The van der Waals surface area contributed by atoms with Crippen LogP contribution >= 0.6 is 0 Å². The first-order valence-electron chi connectivity index (χ1n) is 7.12. The number of carbonyl (C=O) groups excluding carboxylic acids is 1. The van der Waals surface area contributed by atoms with E-state index in [0.29, 0.717) is 30.5 Å². The number of carbonyl (C=O) groups is 1. The normalized spacial score (nSPS) is 10.7. The molecule has 0 saturated carbocycles. The summed E-state index contributed by atoms with van der Waals surface area (Å²) in [4.78, 5) is 11.8. The summed E-state index contributed by atoms with van der Waals surface area (Å²) in [6.45, 7) is 6.67. The molecule has 0 spiro atoms. The van der Waals surface area contributed by atoms with E-state index < -0.39 is 0 Å². The van der Waals surface area contributed by atoms with E-state index in [2.05, 4.69) is 35.7 Å². The number of nitrogens with one attached hydrogen (secondary N) is 2. The predicted molar refractivity (Wildman–Crippen MR) is 83.5 cm³/mol. The van der Waals surface area contributed by atoms with Crippen molar-refractivity contribution in [1.29, 1.82) is 0 Å². The number of rotatable bonds is 6. The van der Waals surface area contributed by atoms with Crippen LogP contribution in [-0.2, 0) is 4.79 Å². The summed E-state index contributed by atoms with van der Waals surface area (Å²) in [5.74, 6) is 1.49. The smallest absolute Gasteiger partial charge is 0.227 e. The highest BCUT2D eigenvalue weighted by atomic mass is 16.5. The Morgan fingerprint density at radius 1 is 1.33 bits per heavy atom. The number of amides is 1. The molecule has 21 heavy (non-hydrogen) atoms. The van der Waals surface area contributed by atoms with E-state index in [1.54, 1.807) is 13.0 Å². The molecule has 0 bridgehead atoms. The molecule has 0 aliphatic carbocycles. The lowest BCUT2D eigenvalue weighted by Gasteiger charge is -2.14. The number of hydrogen-bond acceptors (Lipinski definition) is 4. The van der Waals surface area contributed by atoms with E-state index in [0.717, 1.165) is 5.69 Å². The van der Waals surface area contributed by atoms with E-state index >= 15 is 0 Å². The highest BCUT2D eigenvalue weighted by Gasteiger charge is 2.08. The lowest BCUT2D eigenvalue weighted by molar-refractivity contribution is -0.116. The van der Waals surface area contributed by atoms with E-state index in [1.807, 2.05) is 18.2 Å². The Morgan fingerprint density at radius 3 is 2.76 bits per heavy atom. The van der Waals surface area contributed by atoms with Gasteiger partial charge in [-0.3, -0.25) is 4.79 Å². The highest BCUT2D eigenvalue weighted by Crippen LogP contribution is 2.23. The van der Waals surface area contributed by atoms with E-state index in [9.17, 15) is 4.79 Å². The Bertz CT molecular complexity index is 605. The molecular formula is C16H21N3O2. The number of benzene rings is 1. The number of nitrogens with zero attached hydrogens (tertiary/aromatic N) is 1. The lowest BCUT2D eigenvalue weighted by Crippen LogP contribution is -2.16. The van der Waals surface area contributed by atoms with Gasteiger partial charge in [-0.2, -0.15) is 0 Å². The molecule has 0 fully saturated rings. The topological polar surface area (TPSA) is 67.2 Å². The molecule has 1 aromatic heterocycles. The fraction of sp³-hybridized carbons (Fsp3) is 0.375. The van der Waals surface area contributed by atoms with Crippen molar-refractivity contribution in [3.63, 3.8) is 0 Å². The molecule has 0 saturated heterocycles. The van der Waals surface area contributed by atoms with Gasteiger partial charge in [-0.15, -0.1) is 0 Å². The number of anilines is 2. The second-order valence-corrected chi connectivity index (χ2v) is 5.29. The third-order valence-corrected chi connectivity index (χ3v) is 3.15. The molecule has 0 atom stereocenters. The Hall–Kier alpha value is -2.30. The molecular weight excluding hydrogens is 266 g/mol. The summed E-state index contributed by atoms with van der Waals surface area (Å²) < 4.78 is 4.90. The van der Waals surface area contributed by atoms with Gasteiger partial charge in [0.1, 0.15) is 5.76 Å². The van der Waals surface area contributed by atoms with Crippen LogP contribution in [0.3, 0.4) is 0 Å². The van der Waals surface area contributed by atoms with Gasteiger partial charge >= 0.3 is 0 Å². The standard InChI is InChI=1S/C16H21N3O2/c1-11(2)13-6-4-5-7-14(13)17-9-8-16(20)18-15-10-12(3)21-19-15/h4-7,10-11,17H,8-9H2,1-3H3,(H,18,19,20). The molecule has 0 radical (unpaired) electrons. The van der Waals surface area contributed by atoms with Gasteiger partial charge in [-0.25, -0.2) is 0 Å². The van der Waals surface area contributed by atoms with Crippen LogP contribution in [0.4, 0.5) is 11.5 Å². The molecule has 0 unspecified atom stereocenters. The number of aryl methyl sites for hydroxylation is 1. The Balaban J connectivity index is 1.83. The first-order valence-corrected chi connectivity index (χ1v) is 7.12. The second-order valence-electron chi connectivity index (χ2n) is 5.29. The van der Waals surface area contributed by atoms with Crippen molar-refractivity contribution in [3.8, 4) is 0 Å².